The van der Waals surface area contributed by atoms with Crippen molar-refractivity contribution >= 4 is 0 Å². The summed E-state index contributed by atoms with van der Waals surface area (Å²) in [6.07, 6.45) is 1.68. The molecule has 0 aliphatic rings. The number of nitrogens with one attached hydrogen (secondary N) is 1. The third-order valence-electron chi connectivity index (χ3n) is 1.52. The zero-order valence-electron chi connectivity index (χ0n) is 6.51. The highest BCUT2D eigenvalue weighted by molar-refractivity contribution is 4.58. The van der Waals surface area contributed by atoms with Gasteiger partial charge in [0.1, 0.15) is 0 Å². The van der Waals surface area contributed by atoms with Crippen LogP contribution in [-0.2, 0) is 0 Å². The van der Waals surface area contributed by atoms with Crippen molar-refractivity contribution < 1.29 is 10.2 Å². The molecule has 0 aromatic rings. The highest BCUT2D eigenvalue weighted by atomic mass is 16.3. The fraction of sp³-hybridized carbons (Fsp3) is 1.00. The van der Waals surface area contributed by atoms with Gasteiger partial charge in [-0.2, -0.15) is 0 Å². The smallest absolute Gasteiger partial charge is 0.0471 e. The van der Waals surface area contributed by atoms with E-state index in [-0.39, 0.29) is 13.2 Å². The number of hydrogen-bond acceptors (Lipinski definition) is 3. The summed E-state index contributed by atoms with van der Waals surface area (Å²) in [6, 6.07) is 0. The van der Waals surface area contributed by atoms with Crippen LogP contribution in [0.4, 0.5) is 0 Å². The van der Waals surface area contributed by atoms with Gasteiger partial charge in [0.05, 0.1) is 0 Å². The summed E-state index contributed by atoms with van der Waals surface area (Å²) in [7, 11) is 1.86. The molecule has 0 bridgehead atoms. The van der Waals surface area contributed by atoms with E-state index in [2.05, 4.69) is 5.32 Å². The number of aliphatic hydroxyl groups is 2. The lowest BCUT2D eigenvalue weighted by molar-refractivity contribution is 0.200. The maximum atomic E-state index is 8.76. The molecule has 0 spiro atoms. The Morgan fingerprint density at radius 2 is 2.10 bits per heavy atom. The molecule has 0 saturated carbocycles. The Morgan fingerprint density at radius 1 is 1.40 bits per heavy atom. The van der Waals surface area contributed by atoms with Gasteiger partial charge in [-0.25, -0.2) is 0 Å². The van der Waals surface area contributed by atoms with E-state index >= 15 is 0 Å². The molecule has 0 fully saturated rings. The topological polar surface area (TPSA) is 52.5 Å². The van der Waals surface area contributed by atoms with Gasteiger partial charge < -0.3 is 15.5 Å². The number of hydrogen-bond donors (Lipinski definition) is 3. The Labute approximate surface area is 62.1 Å². The van der Waals surface area contributed by atoms with Gasteiger partial charge in [-0.3, -0.25) is 0 Å². The SMILES string of the molecule is CNCC(CO)CCCO. The van der Waals surface area contributed by atoms with Crippen LogP contribution in [0, 0.1) is 5.92 Å². The Balaban J connectivity index is 3.21. The number of rotatable bonds is 6. The fourth-order valence-electron chi connectivity index (χ4n) is 0.927. The van der Waals surface area contributed by atoms with Crippen molar-refractivity contribution in [1.82, 2.24) is 5.32 Å². The van der Waals surface area contributed by atoms with E-state index in [0.29, 0.717) is 5.92 Å². The zero-order chi connectivity index (χ0) is 7.82. The molecule has 0 radical (unpaired) electrons. The lowest BCUT2D eigenvalue weighted by atomic mass is 10.1. The van der Waals surface area contributed by atoms with Gasteiger partial charge in [-0.1, -0.05) is 0 Å². The van der Waals surface area contributed by atoms with Crippen molar-refractivity contribution in [2.45, 2.75) is 12.8 Å². The molecule has 0 aromatic carbocycles. The van der Waals surface area contributed by atoms with Crippen LogP contribution in [0.5, 0.6) is 0 Å². The highest BCUT2D eigenvalue weighted by Crippen LogP contribution is 2.02. The predicted molar refractivity (Wildman–Crippen MR) is 40.8 cm³/mol. The first-order valence-corrected chi connectivity index (χ1v) is 3.71. The van der Waals surface area contributed by atoms with Crippen molar-refractivity contribution in [3.05, 3.63) is 0 Å². The maximum absolute atomic E-state index is 8.76. The molecule has 1 unspecified atom stereocenters. The van der Waals surface area contributed by atoms with Crippen LogP contribution in [0.2, 0.25) is 0 Å². The third-order valence-corrected chi connectivity index (χ3v) is 1.52. The zero-order valence-corrected chi connectivity index (χ0v) is 6.51. The summed E-state index contributed by atoms with van der Waals surface area (Å²) < 4.78 is 0. The van der Waals surface area contributed by atoms with Gasteiger partial charge in [0, 0.05) is 13.2 Å². The van der Waals surface area contributed by atoms with Crippen LogP contribution in [0.3, 0.4) is 0 Å². The molecule has 3 heteroatoms. The quantitative estimate of drug-likeness (QED) is 0.478. The van der Waals surface area contributed by atoms with Crippen molar-refractivity contribution in [2.75, 3.05) is 26.8 Å². The minimum atomic E-state index is 0.209. The number of aliphatic hydroxyl groups excluding tert-OH is 2. The van der Waals surface area contributed by atoms with E-state index in [1.807, 2.05) is 7.05 Å². The van der Waals surface area contributed by atoms with E-state index in [9.17, 15) is 0 Å². The van der Waals surface area contributed by atoms with E-state index in [1.165, 1.54) is 0 Å². The Hall–Kier alpha value is -0.120. The normalized spacial score (nSPS) is 13.5. The second kappa shape index (κ2) is 6.99. The summed E-state index contributed by atoms with van der Waals surface area (Å²) >= 11 is 0. The minimum absolute atomic E-state index is 0.209. The van der Waals surface area contributed by atoms with Crippen LogP contribution >= 0.6 is 0 Å². The Kier molecular flexibility index (Phi) is 6.91. The van der Waals surface area contributed by atoms with Gasteiger partial charge in [-0.15, -0.1) is 0 Å². The second-order valence-electron chi connectivity index (χ2n) is 2.47. The summed E-state index contributed by atoms with van der Waals surface area (Å²) in [4.78, 5) is 0. The van der Waals surface area contributed by atoms with Crippen LogP contribution in [0.15, 0.2) is 0 Å². The second-order valence-corrected chi connectivity index (χ2v) is 2.47. The van der Waals surface area contributed by atoms with Crippen LogP contribution < -0.4 is 5.32 Å². The molecule has 0 saturated heterocycles. The molecule has 1 atom stereocenters. The first-order valence-electron chi connectivity index (χ1n) is 3.71. The molecule has 0 aliphatic carbocycles. The highest BCUT2D eigenvalue weighted by Gasteiger charge is 2.03. The van der Waals surface area contributed by atoms with E-state index < -0.39 is 0 Å². The Bertz CT molecular complexity index is 68.6. The lowest BCUT2D eigenvalue weighted by Gasteiger charge is -2.11. The van der Waals surface area contributed by atoms with Crippen LogP contribution in [0.1, 0.15) is 12.8 Å². The molecule has 0 aromatic heterocycles. The largest absolute Gasteiger partial charge is 0.396 e. The first kappa shape index (κ1) is 9.88. The lowest BCUT2D eigenvalue weighted by Crippen LogP contribution is -2.21. The van der Waals surface area contributed by atoms with Gasteiger partial charge in [-0.05, 0) is 32.4 Å². The molecule has 0 amide bonds. The molecule has 10 heavy (non-hydrogen) atoms. The third kappa shape index (κ3) is 4.73. The molecular formula is C7H17NO2. The van der Waals surface area contributed by atoms with Crippen molar-refractivity contribution in [1.29, 1.82) is 0 Å². The average Bonchev–Trinajstić information content (AvgIpc) is 1.98. The first-order chi connectivity index (χ1) is 4.85. The minimum Gasteiger partial charge on any atom is -0.396 e. The Morgan fingerprint density at radius 3 is 2.50 bits per heavy atom. The molecule has 3 N–H and O–H groups in total. The van der Waals surface area contributed by atoms with E-state index in [4.69, 9.17) is 10.2 Å². The average molecular weight is 147 g/mol. The van der Waals surface area contributed by atoms with E-state index in [1.54, 1.807) is 0 Å². The van der Waals surface area contributed by atoms with Crippen LogP contribution in [0.25, 0.3) is 0 Å². The maximum Gasteiger partial charge on any atom is 0.0471 e. The molecule has 0 heterocycles. The summed E-state index contributed by atoms with van der Waals surface area (Å²) in [5, 5.41) is 20.2. The monoisotopic (exact) mass is 147 g/mol. The van der Waals surface area contributed by atoms with Gasteiger partial charge in [0.25, 0.3) is 0 Å². The van der Waals surface area contributed by atoms with Crippen molar-refractivity contribution in [3.8, 4) is 0 Å². The van der Waals surface area contributed by atoms with Gasteiger partial charge in [0.15, 0.2) is 0 Å². The molecule has 0 aliphatic heterocycles. The fourth-order valence-corrected chi connectivity index (χ4v) is 0.927. The van der Waals surface area contributed by atoms with Gasteiger partial charge in [0.2, 0.25) is 0 Å². The molecular weight excluding hydrogens is 130 g/mol. The van der Waals surface area contributed by atoms with Crippen molar-refractivity contribution in [2.24, 2.45) is 5.92 Å². The molecule has 0 rings (SSSR count). The summed E-state index contributed by atoms with van der Waals surface area (Å²) in [5.41, 5.74) is 0. The molecule has 3 nitrogen and oxygen atoms in total. The van der Waals surface area contributed by atoms with Crippen molar-refractivity contribution in [3.63, 3.8) is 0 Å². The molecule has 62 valence electrons. The van der Waals surface area contributed by atoms with Gasteiger partial charge >= 0.3 is 0 Å². The van der Waals surface area contributed by atoms with Crippen LogP contribution in [-0.4, -0.2) is 37.0 Å². The van der Waals surface area contributed by atoms with E-state index in [0.717, 1.165) is 19.4 Å². The summed E-state index contributed by atoms with van der Waals surface area (Å²) in [6.45, 7) is 1.26. The predicted octanol–water partition coefficient (Wildman–Crippen LogP) is -0.413. The summed E-state index contributed by atoms with van der Waals surface area (Å²) in [5.74, 6) is 0.303. The standard InChI is InChI=1S/C7H17NO2/c1-8-5-7(6-10)3-2-4-9/h7-10H,2-6H2,1H3.